The molecule has 1 aromatic carbocycles. The molecule has 3 heterocycles. The lowest BCUT2D eigenvalue weighted by molar-refractivity contribution is -0.105. The van der Waals surface area contributed by atoms with Crippen LogP contribution in [0.2, 0.25) is 0 Å². The summed E-state index contributed by atoms with van der Waals surface area (Å²) in [5.41, 5.74) is 3.18. The van der Waals surface area contributed by atoms with Crippen molar-refractivity contribution in [3.63, 3.8) is 0 Å². The summed E-state index contributed by atoms with van der Waals surface area (Å²) in [4.78, 5) is 8.32. The van der Waals surface area contributed by atoms with E-state index in [2.05, 4.69) is 9.97 Å². The summed E-state index contributed by atoms with van der Waals surface area (Å²) in [5, 5.41) is 10.6. The van der Waals surface area contributed by atoms with Crippen LogP contribution in [0.15, 0.2) is 61.2 Å². The highest BCUT2D eigenvalue weighted by atomic mass is 16.7. The third-order valence-electron chi connectivity index (χ3n) is 4.44. The molecule has 26 heavy (non-hydrogen) atoms. The fraction of sp³-hybridized carbons (Fsp3) is 0.238. The number of nitrogens with zero attached hydrogens (tertiary/aromatic N) is 2. The van der Waals surface area contributed by atoms with Gasteiger partial charge >= 0.3 is 0 Å². The van der Waals surface area contributed by atoms with Gasteiger partial charge in [0.2, 0.25) is 0 Å². The molecule has 1 atom stereocenters. The fourth-order valence-electron chi connectivity index (χ4n) is 3.11. The molecule has 5 heteroatoms. The van der Waals surface area contributed by atoms with Crippen LogP contribution < -0.4 is 4.74 Å². The van der Waals surface area contributed by atoms with Crippen molar-refractivity contribution in [1.29, 1.82) is 0 Å². The Morgan fingerprint density at radius 3 is 2.31 bits per heavy atom. The van der Waals surface area contributed by atoms with E-state index in [-0.39, 0.29) is 12.0 Å². The second-order valence-corrected chi connectivity index (χ2v) is 6.26. The molecule has 132 valence electrons. The number of rotatable bonds is 4. The van der Waals surface area contributed by atoms with Crippen molar-refractivity contribution in [3.05, 3.63) is 61.2 Å². The van der Waals surface area contributed by atoms with Gasteiger partial charge in [0.25, 0.3) is 0 Å². The van der Waals surface area contributed by atoms with Crippen LogP contribution in [0.5, 0.6) is 11.5 Å². The monoisotopic (exact) mass is 348 g/mol. The topological polar surface area (TPSA) is 64.5 Å². The van der Waals surface area contributed by atoms with Crippen molar-refractivity contribution in [1.82, 2.24) is 9.97 Å². The lowest BCUT2D eigenvalue weighted by Crippen LogP contribution is -2.25. The summed E-state index contributed by atoms with van der Waals surface area (Å²) in [6.45, 7) is 0.709. The average Bonchev–Trinajstić information content (AvgIpc) is 2.71. The predicted molar refractivity (Wildman–Crippen MR) is 98.8 cm³/mol. The van der Waals surface area contributed by atoms with Crippen LogP contribution in [0.3, 0.4) is 0 Å². The molecule has 1 saturated heterocycles. The second kappa shape index (κ2) is 7.54. The molecule has 2 aromatic heterocycles. The van der Waals surface area contributed by atoms with Gasteiger partial charge in [0.05, 0.1) is 6.61 Å². The van der Waals surface area contributed by atoms with Crippen LogP contribution in [0, 0.1) is 0 Å². The molecule has 4 rings (SSSR count). The van der Waals surface area contributed by atoms with Gasteiger partial charge < -0.3 is 14.6 Å². The first-order valence-electron chi connectivity index (χ1n) is 8.77. The van der Waals surface area contributed by atoms with Crippen molar-refractivity contribution in [2.24, 2.45) is 0 Å². The largest absolute Gasteiger partial charge is 0.507 e. The first kappa shape index (κ1) is 16.5. The number of pyridine rings is 2. The van der Waals surface area contributed by atoms with Crippen LogP contribution in [-0.4, -0.2) is 28.0 Å². The Hall–Kier alpha value is -2.92. The van der Waals surface area contributed by atoms with E-state index in [0.29, 0.717) is 17.9 Å². The number of phenols is 1. The Labute approximate surface area is 152 Å². The van der Waals surface area contributed by atoms with Gasteiger partial charge in [-0.1, -0.05) is 12.1 Å². The highest BCUT2D eigenvalue weighted by molar-refractivity contribution is 5.80. The molecular formula is C21H20N2O3. The van der Waals surface area contributed by atoms with Crippen LogP contribution in [0.4, 0.5) is 0 Å². The van der Waals surface area contributed by atoms with Crippen LogP contribution in [0.25, 0.3) is 22.3 Å². The quantitative estimate of drug-likeness (QED) is 0.756. The Kier molecular flexibility index (Phi) is 4.80. The number of hydrogen-bond donors (Lipinski definition) is 1. The first-order valence-corrected chi connectivity index (χ1v) is 8.77. The zero-order valence-electron chi connectivity index (χ0n) is 14.3. The van der Waals surface area contributed by atoms with Crippen LogP contribution >= 0.6 is 0 Å². The number of ether oxygens (including phenoxy) is 2. The number of phenolic OH excluding ortho intramolecular Hbond substituents is 1. The van der Waals surface area contributed by atoms with Crippen molar-refractivity contribution >= 4 is 0 Å². The van der Waals surface area contributed by atoms with E-state index >= 15 is 0 Å². The Morgan fingerprint density at radius 1 is 0.962 bits per heavy atom. The number of benzene rings is 1. The second-order valence-electron chi connectivity index (χ2n) is 6.26. The third kappa shape index (κ3) is 3.53. The molecule has 1 N–H and O–H groups in total. The van der Waals surface area contributed by atoms with Gasteiger partial charge in [0, 0.05) is 53.5 Å². The standard InChI is InChI=1S/C21H20N2O3/c24-19-11-18(16-6-4-9-23-14-16)20(26-21-7-1-2-10-25-21)12-17(19)15-5-3-8-22-13-15/h3-6,8-9,11-14,21,24H,1-2,7,10H2. The van der Waals surface area contributed by atoms with Gasteiger partial charge in [-0.05, 0) is 37.1 Å². The van der Waals surface area contributed by atoms with Gasteiger partial charge in [0.15, 0.2) is 6.29 Å². The van der Waals surface area contributed by atoms with Crippen molar-refractivity contribution < 1.29 is 14.6 Å². The van der Waals surface area contributed by atoms with E-state index in [1.54, 1.807) is 30.9 Å². The van der Waals surface area contributed by atoms with E-state index in [4.69, 9.17) is 9.47 Å². The van der Waals surface area contributed by atoms with E-state index in [1.165, 1.54) is 0 Å². The number of hydrogen-bond acceptors (Lipinski definition) is 5. The summed E-state index contributed by atoms with van der Waals surface area (Å²) in [7, 11) is 0. The van der Waals surface area contributed by atoms with Crippen molar-refractivity contribution in [3.8, 4) is 33.8 Å². The lowest BCUT2D eigenvalue weighted by atomic mass is 9.99. The van der Waals surface area contributed by atoms with E-state index in [0.717, 1.165) is 36.0 Å². The first-order chi connectivity index (χ1) is 12.8. The van der Waals surface area contributed by atoms with Gasteiger partial charge in [-0.3, -0.25) is 9.97 Å². The van der Waals surface area contributed by atoms with E-state index < -0.39 is 0 Å². The number of aromatic hydroxyl groups is 1. The molecular weight excluding hydrogens is 328 g/mol. The predicted octanol–water partition coefficient (Wildman–Crippen LogP) is 4.42. The zero-order valence-corrected chi connectivity index (χ0v) is 14.3. The minimum absolute atomic E-state index is 0.175. The summed E-state index contributed by atoms with van der Waals surface area (Å²) < 4.78 is 11.9. The normalized spacial score (nSPS) is 17.0. The van der Waals surface area contributed by atoms with Gasteiger partial charge in [-0.15, -0.1) is 0 Å². The maximum absolute atomic E-state index is 10.6. The molecule has 1 aliphatic heterocycles. The molecule has 1 aliphatic rings. The average molecular weight is 348 g/mol. The maximum atomic E-state index is 10.6. The minimum atomic E-state index is -0.273. The van der Waals surface area contributed by atoms with Crippen LogP contribution in [-0.2, 0) is 4.74 Å². The summed E-state index contributed by atoms with van der Waals surface area (Å²) in [6.07, 6.45) is 9.63. The summed E-state index contributed by atoms with van der Waals surface area (Å²) in [6, 6.07) is 11.1. The SMILES string of the molecule is Oc1cc(-c2cccnc2)c(OC2CCCCO2)cc1-c1cccnc1. The third-order valence-corrected chi connectivity index (χ3v) is 4.44. The lowest BCUT2D eigenvalue weighted by Gasteiger charge is -2.25. The Bertz CT molecular complexity index is 863. The van der Waals surface area contributed by atoms with Gasteiger partial charge in [0.1, 0.15) is 11.5 Å². The van der Waals surface area contributed by atoms with Gasteiger partial charge in [-0.2, -0.15) is 0 Å². The maximum Gasteiger partial charge on any atom is 0.199 e. The summed E-state index contributed by atoms with van der Waals surface area (Å²) in [5.74, 6) is 0.843. The van der Waals surface area contributed by atoms with E-state index in [9.17, 15) is 5.11 Å². The number of aromatic nitrogens is 2. The molecule has 1 unspecified atom stereocenters. The molecule has 0 bridgehead atoms. The fourth-order valence-corrected chi connectivity index (χ4v) is 3.11. The molecule has 5 nitrogen and oxygen atoms in total. The smallest absolute Gasteiger partial charge is 0.199 e. The van der Waals surface area contributed by atoms with Crippen molar-refractivity contribution in [2.75, 3.05) is 6.61 Å². The summed E-state index contributed by atoms with van der Waals surface area (Å²) >= 11 is 0. The van der Waals surface area contributed by atoms with Crippen LogP contribution in [0.1, 0.15) is 19.3 Å². The molecule has 0 saturated carbocycles. The van der Waals surface area contributed by atoms with Gasteiger partial charge in [-0.25, -0.2) is 0 Å². The Balaban J connectivity index is 1.78. The molecule has 0 spiro atoms. The highest BCUT2D eigenvalue weighted by Crippen LogP contribution is 2.40. The highest BCUT2D eigenvalue weighted by Gasteiger charge is 2.20. The molecule has 1 fully saturated rings. The zero-order chi connectivity index (χ0) is 17.8. The minimum Gasteiger partial charge on any atom is -0.507 e. The molecule has 3 aromatic rings. The van der Waals surface area contributed by atoms with Crippen molar-refractivity contribution in [2.45, 2.75) is 25.6 Å². The van der Waals surface area contributed by atoms with E-state index in [1.807, 2.05) is 30.3 Å². The molecule has 0 amide bonds. The molecule has 0 aliphatic carbocycles. The molecule has 0 radical (unpaired) electrons. The Morgan fingerprint density at radius 2 is 1.69 bits per heavy atom.